The molecule has 0 amide bonds. The van der Waals surface area contributed by atoms with E-state index in [1.807, 2.05) is 0 Å². The van der Waals surface area contributed by atoms with Crippen LogP contribution in [0.1, 0.15) is 11.8 Å². The van der Waals surface area contributed by atoms with Crippen molar-refractivity contribution in [3.63, 3.8) is 0 Å². The number of aliphatic hydroxyl groups excluding tert-OH is 2. The van der Waals surface area contributed by atoms with Gasteiger partial charge in [-0.25, -0.2) is 4.79 Å². The van der Waals surface area contributed by atoms with Gasteiger partial charge in [-0.3, -0.25) is 14.3 Å². The van der Waals surface area contributed by atoms with E-state index in [1.165, 1.54) is 6.20 Å². The molecule has 0 saturated carbocycles. The van der Waals surface area contributed by atoms with Crippen molar-refractivity contribution in [2.75, 3.05) is 19.8 Å². The van der Waals surface area contributed by atoms with Gasteiger partial charge in [0.2, 0.25) is 0 Å². The van der Waals surface area contributed by atoms with Gasteiger partial charge in [0.25, 0.3) is 5.56 Å². The Kier molecular flexibility index (Phi) is 3.05. The van der Waals surface area contributed by atoms with Crippen molar-refractivity contribution in [3.8, 4) is 0 Å². The van der Waals surface area contributed by atoms with Crippen LogP contribution >= 0.6 is 0 Å². The standard InChI is InChI=1S/C12H16N2O6/c1-6-2-14(11(18)13-9(6)17)10-8(16)7-3-19-5-12(7,4-15)20-10/h2,7-8,10,15-16H,3-5H2,1H3,(H,13,17,18). The van der Waals surface area contributed by atoms with E-state index >= 15 is 0 Å². The SMILES string of the molecule is Cc1cn(C2OC3(CO)COCC3C2O)c(=O)[nH]c1=O. The molecule has 0 radical (unpaired) electrons. The summed E-state index contributed by atoms with van der Waals surface area (Å²) >= 11 is 0. The third-order valence-electron chi connectivity index (χ3n) is 4.07. The van der Waals surface area contributed by atoms with E-state index < -0.39 is 35.1 Å². The normalized spacial score (nSPS) is 36.2. The Morgan fingerprint density at radius 1 is 1.55 bits per heavy atom. The first kappa shape index (κ1) is 13.5. The summed E-state index contributed by atoms with van der Waals surface area (Å²) in [6.45, 7) is 1.68. The number of H-pyrrole nitrogens is 1. The summed E-state index contributed by atoms with van der Waals surface area (Å²) < 4.78 is 12.1. The highest BCUT2D eigenvalue weighted by molar-refractivity contribution is 5.07. The Balaban J connectivity index is 2.03. The van der Waals surface area contributed by atoms with Crippen molar-refractivity contribution in [2.24, 2.45) is 5.92 Å². The molecule has 2 aliphatic heterocycles. The van der Waals surface area contributed by atoms with Gasteiger partial charge in [0.05, 0.1) is 19.8 Å². The van der Waals surface area contributed by atoms with E-state index in [0.29, 0.717) is 5.56 Å². The summed E-state index contributed by atoms with van der Waals surface area (Å²) in [4.78, 5) is 25.4. The highest BCUT2D eigenvalue weighted by Crippen LogP contribution is 2.44. The molecule has 2 aliphatic rings. The molecule has 3 N–H and O–H groups in total. The number of aromatic nitrogens is 2. The van der Waals surface area contributed by atoms with Gasteiger partial charge in [0.1, 0.15) is 11.7 Å². The molecule has 8 nitrogen and oxygen atoms in total. The van der Waals surface area contributed by atoms with E-state index in [2.05, 4.69) is 4.98 Å². The van der Waals surface area contributed by atoms with Crippen molar-refractivity contribution in [3.05, 3.63) is 32.6 Å². The maximum absolute atomic E-state index is 11.9. The van der Waals surface area contributed by atoms with E-state index in [0.717, 1.165) is 4.57 Å². The Morgan fingerprint density at radius 3 is 2.95 bits per heavy atom. The summed E-state index contributed by atoms with van der Waals surface area (Å²) in [5.74, 6) is -0.406. The highest BCUT2D eigenvalue weighted by Gasteiger charge is 2.58. The molecular formula is C12H16N2O6. The Bertz CT molecular complexity index is 638. The van der Waals surface area contributed by atoms with E-state index in [-0.39, 0.29) is 19.8 Å². The maximum atomic E-state index is 11.9. The number of nitrogens with one attached hydrogen (secondary N) is 1. The molecule has 3 heterocycles. The second-order valence-corrected chi connectivity index (χ2v) is 5.32. The van der Waals surface area contributed by atoms with Crippen molar-refractivity contribution < 1.29 is 19.7 Å². The minimum absolute atomic E-state index is 0.165. The summed E-state index contributed by atoms with van der Waals surface area (Å²) in [6.07, 6.45) is -0.589. The number of hydrogen-bond donors (Lipinski definition) is 3. The molecule has 110 valence electrons. The molecule has 0 bridgehead atoms. The Hall–Kier alpha value is -1.48. The number of aliphatic hydroxyl groups is 2. The quantitative estimate of drug-likeness (QED) is 0.585. The van der Waals surface area contributed by atoms with Crippen LogP contribution in [-0.4, -0.2) is 51.3 Å². The topological polar surface area (TPSA) is 114 Å². The number of rotatable bonds is 2. The van der Waals surface area contributed by atoms with Crippen molar-refractivity contribution in [2.45, 2.75) is 24.9 Å². The van der Waals surface area contributed by atoms with Gasteiger partial charge in [-0.05, 0) is 6.92 Å². The molecule has 3 rings (SSSR count). The van der Waals surface area contributed by atoms with Crippen LogP contribution in [0.2, 0.25) is 0 Å². The molecule has 1 aromatic heterocycles. The predicted octanol–water partition coefficient (Wildman–Crippen LogP) is -1.89. The fourth-order valence-electron chi connectivity index (χ4n) is 2.85. The van der Waals surface area contributed by atoms with Gasteiger partial charge in [0.15, 0.2) is 6.23 Å². The number of hydrogen-bond acceptors (Lipinski definition) is 6. The van der Waals surface area contributed by atoms with Gasteiger partial charge in [-0.15, -0.1) is 0 Å². The first-order valence-corrected chi connectivity index (χ1v) is 6.35. The van der Waals surface area contributed by atoms with Crippen molar-refractivity contribution in [1.82, 2.24) is 9.55 Å². The smallest absolute Gasteiger partial charge is 0.330 e. The molecule has 0 aliphatic carbocycles. The van der Waals surface area contributed by atoms with Gasteiger partial charge < -0.3 is 19.7 Å². The lowest BCUT2D eigenvalue weighted by Gasteiger charge is -2.24. The summed E-state index contributed by atoms with van der Waals surface area (Å²) in [6, 6.07) is 0. The summed E-state index contributed by atoms with van der Waals surface area (Å²) in [5.41, 5.74) is -1.78. The first-order valence-electron chi connectivity index (χ1n) is 6.35. The summed E-state index contributed by atoms with van der Waals surface area (Å²) in [5, 5.41) is 19.8. The van der Waals surface area contributed by atoms with Crippen molar-refractivity contribution >= 4 is 0 Å². The minimum atomic E-state index is -0.993. The molecule has 2 saturated heterocycles. The van der Waals surface area contributed by atoms with E-state index in [9.17, 15) is 19.8 Å². The minimum Gasteiger partial charge on any atom is -0.393 e. The highest BCUT2D eigenvalue weighted by atomic mass is 16.6. The molecule has 4 atom stereocenters. The van der Waals surface area contributed by atoms with Crippen LogP contribution in [0.25, 0.3) is 0 Å². The number of aromatic amines is 1. The number of ether oxygens (including phenoxy) is 2. The number of aryl methyl sites for hydroxylation is 1. The molecule has 2 fully saturated rings. The van der Waals surface area contributed by atoms with E-state index in [1.54, 1.807) is 6.92 Å². The third-order valence-corrected chi connectivity index (χ3v) is 4.07. The molecule has 4 unspecified atom stereocenters. The second kappa shape index (κ2) is 4.52. The molecule has 1 aromatic rings. The van der Waals surface area contributed by atoms with Crippen LogP contribution in [0.4, 0.5) is 0 Å². The van der Waals surface area contributed by atoms with Crippen LogP contribution in [0.3, 0.4) is 0 Å². The molecule has 0 spiro atoms. The molecule has 20 heavy (non-hydrogen) atoms. The molecule has 8 heteroatoms. The molecule has 0 aromatic carbocycles. The van der Waals surface area contributed by atoms with Crippen molar-refractivity contribution in [1.29, 1.82) is 0 Å². The average Bonchev–Trinajstić information content (AvgIpc) is 2.94. The van der Waals surface area contributed by atoms with Crippen LogP contribution in [0.15, 0.2) is 15.8 Å². The zero-order valence-corrected chi connectivity index (χ0v) is 10.9. The van der Waals surface area contributed by atoms with Crippen LogP contribution in [-0.2, 0) is 9.47 Å². The van der Waals surface area contributed by atoms with E-state index in [4.69, 9.17) is 9.47 Å². The zero-order chi connectivity index (χ0) is 14.5. The lowest BCUT2D eigenvalue weighted by molar-refractivity contribution is -0.123. The van der Waals surface area contributed by atoms with Crippen LogP contribution in [0, 0.1) is 12.8 Å². The molecular weight excluding hydrogens is 268 g/mol. The van der Waals surface area contributed by atoms with Crippen LogP contribution < -0.4 is 11.2 Å². The fraction of sp³-hybridized carbons (Fsp3) is 0.667. The van der Waals surface area contributed by atoms with Crippen LogP contribution in [0.5, 0.6) is 0 Å². The van der Waals surface area contributed by atoms with Gasteiger partial charge >= 0.3 is 5.69 Å². The predicted molar refractivity (Wildman–Crippen MR) is 66.3 cm³/mol. The lowest BCUT2D eigenvalue weighted by atomic mass is 9.89. The maximum Gasteiger partial charge on any atom is 0.330 e. The Labute approximate surface area is 113 Å². The average molecular weight is 284 g/mol. The number of fused-ring (bicyclic) bond motifs is 1. The second-order valence-electron chi connectivity index (χ2n) is 5.32. The van der Waals surface area contributed by atoms with Gasteiger partial charge in [-0.2, -0.15) is 0 Å². The fourth-order valence-corrected chi connectivity index (χ4v) is 2.85. The Morgan fingerprint density at radius 2 is 2.30 bits per heavy atom. The monoisotopic (exact) mass is 284 g/mol. The van der Waals surface area contributed by atoms with Gasteiger partial charge in [-0.1, -0.05) is 0 Å². The number of nitrogens with zero attached hydrogens (tertiary/aromatic N) is 1. The first-order chi connectivity index (χ1) is 9.48. The van der Waals surface area contributed by atoms with Gasteiger partial charge in [0, 0.05) is 17.7 Å². The lowest BCUT2D eigenvalue weighted by Crippen LogP contribution is -2.41. The zero-order valence-electron chi connectivity index (χ0n) is 10.9. The summed E-state index contributed by atoms with van der Waals surface area (Å²) in [7, 11) is 0. The third kappa shape index (κ3) is 1.76. The largest absolute Gasteiger partial charge is 0.393 e.